The Morgan fingerprint density at radius 1 is 1.06 bits per heavy atom. The Morgan fingerprint density at radius 3 is 2.50 bits per heavy atom. The van der Waals surface area contributed by atoms with Crippen molar-refractivity contribution in [2.24, 2.45) is 0 Å². The van der Waals surface area contributed by atoms with Gasteiger partial charge in [0.2, 0.25) is 0 Å². The molecule has 0 bridgehead atoms. The van der Waals surface area contributed by atoms with Crippen LogP contribution in [0.15, 0.2) is 42.5 Å². The maximum Gasteiger partial charge on any atom is 0.169 e. The van der Waals surface area contributed by atoms with E-state index in [2.05, 4.69) is 0 Å². The smallest absolute Gasteiger partial charge is 0.169 e. The van der Waals surface area contributed by atoms with Crippen LogP contribution in [0, 0.1) is 5.82 Å². The van der Waals surface area contributed by atoms with Crippen molar-refractivity contribution in [3.8, 4) is 17.2 Å². The van der Waals surface area contributed by atoms with Crippen LogP contribution in [0.4, 0.5) is 10.1 Å². The molecule has 0 aliphatic carbocycles. The van der Waals surface area contributed by atoms with Gasteiger partial charge in [-0.25, -0.2) is 4.39 Å². The normalized spacial score (nSPS) is 10.1. The summed E-state index contributed by atoms with van der Waals surface area (Å²) in [5.41, 5.74) is 6.11. The average Bonchev–Trinajstić information content (AvgIpc) is 2.36. The molecule has 3 nitrogen and oxygen atoms in total. The molecule has 0 saturated heterocycles. The van der Waals surface area contributed by atoms with Gasteiger partial charge < -0.3 is 15.2 Å². The number of nitrogens with two attached hydrogens (primary N) is 1. The summed E-state index contributed by atoms with van der Waals surface area (Å²) in [5.74, 6) is 0.996. The Morgan fingerprint density at radius 2 is 1.78 bits per heavy atom. The van der Waals surface area contributed by atoms with E-state index in [9.17, 15) is 4.39 Å². The van der Waals surface area contributed by atoms with Crippen LogP contribution < -0.4 is 15.2 Å². The summed E-state index contributed by atoms with van der Waals surface area (Å²) in [5, 5.41) is 0. The number of halogens is 1. The molecule has 0 aliphatic heterocycles. The van der Waals surface area contributed by atoms with Crippen molar-refractivity contribution in [2.45, 2.75) is 6.92 Å². The van der Waals surface area contributed by atoms with Crippen LogP contribution in [-0.2, 0) is 0 Å². The number of hydrogen-bond donors (Lipinski definition) is 1. The number of rotatable bonds is 4. The van der Waals surface area contributed by atoms with Crippen LogP contribution in [-0.4, -0.2) is 6.61 Å². The average molecular weight is 247 g/mol. The Hall–Kier alpha value is -2.23. The van der Waals surface area contributed by atoms with Gasteiger partial charge in [-0.15, -0.1) is 0 Å². The highest BCUT2D eigenvalue weighted by Gasteiger charge is 2.08. The molecule has 0 unspecified atom stereocenters. The van der Waals surface area contributed by atoms with Crippen LogP contribution in [0.2, 0.25) is 0 Å². The van der Waals surface area contributed by atoms with Gasteiger partial charge in [-0.2, -0.15) is 0 Å². The van der Waals surface area contributed by atoms with E-state index in [-0.39, 0.29) is 5.75 Å². The predicted molar refractivity (Wildman–Crippen MR) is 68.5 cm³/mol. The first-order valence-electron chi connectivity index (χ1n) is 5.65. The van der Waals surface area contributed by atoms with E-state index in [4.69, 9.17) is 15.2 Å². The number of para-hydroxylation sites is 2. The Kier molecular flexibility index (Phi) is 3.67. The molecule has 0 aromatic heterocycles. The first kappa shape index (κ1) is 12.2. The molecule has 0 amide bonds. The molecule has 94 valence electrons. The van der Waals surface area contributed by atoms with Crippen molar-refractivity contribution in [1.82, 2.24) is 0 Å². The van der Waals surface area contributed by atoms with E-state index in [0.717, 1.165) is 0 Å². The highest BCUT2D eigenvalue weighted by molar-refractivity contribution is 5.55. The largest absolute Gasteiger partial charge is 0.490 e. The lowest BCUT2D eigenvalue weighted by atomic mass is 10.3. The van der Waals surface area contributed by atoms with E-state index < -0.39 is 5.82 Å². The summed E-state index contributed by atoms with van der Waals surface area (Å²) in [6.45, 7) is 2.41. The SMILES string of the molecule is CCOc1ccccc1Oc1cc(F)ccc1N. The number of hydrogen-bond acceptors (Lipinski definition) is 3. The second-order valence-electron chi connectivity index (χ2n) is 3.66. The van der Waals surface area contributed by atoms with Gasteiger partial charge in [0.15, 0.2) is 17.2 Å². The summed E-state index contributed by atoms with van der Waals surface area (Å²) < 4.78 is 24.1. The minimum atomic E-state index is -0.395. The molecule has 4 heteroatoms. The molecule has 2 N–H and O–H groups in total. The Balaban J connectivity index is 2.30. The van der Waals surface area contributed by atoms with E-state index in [1.165, 1.54) is 18.2 Å². The minimum Gasteiger partial charge on any atom is -0.490 e. The third-order valence-electron chi connectivity index (χ3n) is 2.34. The second kappa shape index (κ2) is 5.40. The summed E-state index contributed by atoms with van der Waals surface area (Å²) in [4.78, 5) is 0. The third-order valence-corrected chi connectivity index (χ3v) is 2.34. The lowest BCUT2D eigenvalue weighted by molar-refractivity contribution is 0.321. The topological polar surface area (TPSA) is 44.5 Å². The standard InChI is InChI=1S/C14H14FNO2/c1-2-17-12-5-3-4-6-13(12)18-14-9-10(15)7-8-11(14)16/h3-9H,2,16H2,1H3. The number of anilines is 1. The second-order valence-corrected chi connectivity index (χ2v) is 3.66. The molecule has 0 radical (unpaired) electrons. The fraction of sp³-hybridized carbons (Fsp3) is 0.143. The molecule has 0 fully saturated rings. The lowest BCUT2D eigenvalue weighted by Crippen LogP contribution is -1.97. The van der Waals surface area contributed by atoms with Crippen LogP contribution in [0.1, 0.15) is 6.92 Å². The van der Waals surface area contributed by atoms with E-state index >= 15 is 0 Å². The zero-order chi connectivity index (χ0) is 13.0. The van der Waals surface area contributed by atoms with Gasteiger partial charge in [-0.3, -0.25) is 0 Å². The van der Waals surface area contributed by atoms with Crippen molar-refractivity contribution in [2.75, 3.05) is 12.3 Å². The van der Waals surface area contributed by atoms with Gasteiger partial charge >= 0.3 is 0 Å². The van der Waals surface area contributed by atoms with Gasteiger partial charge in [0, 0.05) is 6.07 Å². The highest BCUT2D eigenvalue weighted by atomic mass is 19.1. The van der Waals surface area contributed by atoms with Gasteiger partial charge in [-0.05, 0) is 31.2 Å². The molecule has 0 atom stereocenters. The summed E-state index contributed by atoms with van der Waals surface area (Å²) in [6.07, 6.45) is 0. The molecule has 0 saturated carbocycles. The summed E-state index contributed by atoms with van der Waals surface area (Å²) in [6, 6.07) is 11.2. The zero-order valence-electron chi connectivity index (χ0n) is 10.0. The van der Waals surface area contributed by atoms with Gasteiger partial charge in [0.1, 0.15) is 5.82 Å². The first-order chi connectivity index (χ1) is 8.70. The quantitative estimate of drug-likeness (QED) is 0.839. The van der Waals surface area contributed by atoms with E-state index in [0.29, 0.717) is 23.8 Å². The van der Waals surface area contributed by atoms with Gasteiger partial charge in [0.05, 0.1) is 12.3 Å². The molecule has 0 aliphatic rings. The molecule has 2 rings (SSSR count). The van der Waals surface area contributed by atoms with Crippen molar-refractivity contribution >= 4 is 5.69 Å². The molecular weight excluding hydrogens is 233 g/mol. The third kappa shape index (κ3) is 2.71. The van der Waals surface area contributed by atoms with Gasteiger partial charge in [-0.1, -0.05) is 12.1 Å². The van der Waals surface area contributed by atoms with E-state index in [1.807, 2.05) is 19.1 Å². The first-order valence-corrected chi connectivity index (χ1v) is 5.65. The lowest BCUT2D eigenvalue weighted by Gasteiger charge is -2.12. The molecule has 2 aromatic carbocycles. The Bertz CT molecular complexity index is 543. The van der Waals surface area contributed by atoms with Crippen LogP contribution in [0.5, 0.6) is 17.2 Å². The maximum absolute atomic E-state index is 13.1. The molecule has 0 spiro atoms. The molecule has 2 aromatic rings. The maximum atomic E-state index is 13.1. The fourth-order valence-corrected chi connectivity index (χ4v) is 1.52. The zero-order valence-corrected chi connectivity index (χ0v) is 10.0. The van der Waals surface area contributed by atoms with E-state index in [1.54, 1.807) is 12.1 Å². The summed E-state index contributed by atoms with van der Waals surface area (Å²) in [7, 11) is 0. The van der Waals surface area contributed by atoms with Gasteiger partial charge in [0.25, 0.3) is 0 Å². The van der Waals surface area contributed by atoms with Crippen LogP contribution in [0.3, 0.4) is 0 Å². The van der Waals surface area contributed by atoms with Crippen molar-refractivity contribution < 1.29 is 13.9 Å². The van der Waals surface area contributed by atoms with Crippen molar-refractivity contribution in [3.63, 3.8) is 0 Å². The van der Waals surface area contributed by atoms with Crippen LogP contribution >= 0.6 is 0 Å². The predicted octanol–water partition coefficient (Wildman–Crippen LogP) is 3.60. The van der Waals surface area contributed by atoms with Crippen molar-refractivity contribution in [3.05, 3.63) is 48.3 Å². The fourth-order valence-electron chi connectivity index (χ4n) is 1.52. The number of benzene rings is 2. The Labute approximate surface area is 105 Å². The molecule has 0 heterocycles. The van der Waals surface area contributed by atoms with Crippen molar-refractivity contribution in [1.29, 1.82) is 0 Å². The summed E-state index contributed by atoms with van der Waals surface area (Å²) >= 11 is 0. The number of ether oxygens (including phenoxy) is 2. The monoisotopic (exact) mass is 247 g/mol. The molecule has 18 heavy (non-hydrogen) atoms. The molecular formula is C14H14FNO2. The highest BCUT2D eigenvalue weighted by Crippen LogP contribution is 2.34. The number of nitrogen functional groups attached to an aromatic ring is 1. The van der Waals surface area contributed by atoms with Crippen LogP contribution in [0.25, 0.3) is 0 Å². The minimum absolute atomic E-state index is 0.280.